The minimum atomic E-state index is -0.260. The third kappa shape index (κ3) is 2.60. The number of ether oxygens (including phenoxy) is 1. The van der Waals surface area contributed by atoms with Crippen molar-refractivity contribution in [2.75, 3.05) is 20.2 Å². The standard InChI is InChI=1S/C21H26N2O2/c1-4-14-12-23-10-9-16-15-7-5-6-8-18(15)22-20(16)19(23)11-17(14)13(2)21(24)25-3/h5-8,14,17,19,22H,2,4,9-12H2,1,3H3/t14-,17-,19+/m1/s1. The Hall–Kier alpha value is -2.07. The molecule has 4 nitrogen and oxygen atoms in total. The zero-order valence-corrected chi connectivity index (χ0v) is 15.0. The number of fused-ring (bicyclic) bond motifs is 5. The fourth-order valence-corrected chi connectivity index (χ4v) is 4.84. The number of para-hydroxylation sites is 1. The van der Waals surface area contributed by atoms with Crippen LogP contribution < -0.4 is 0 Å². The predicted molar refractivity (Wildman–Crippen MR) is 99.4 cm³/mol. The number of esters is 1. The van der Waals surface area contributed by atoms with Crippen LogP contribution in [0.1, 0.15) is 37.1 Å². The van der Waals surface area contributed by atoms with Crippen molar-refractivity contribution < 1.29 is 9.53 Å². The Morgan fingerprint density at radius 3 is 2.96 bits per heavy atom. The van der Waals surface area contributed by atoms with Crippen molar-refractivity contribution in [2.45, 2.75) is 32.2 Å². The van der Waals surface area contributed by atoms with E-state index in [-0.39, 0.29) is 11.9 Å². The number of carbonyl (C=O) groups is 1. The van der Waals surface area contributed by atoms with Gasteiger partial charge in [-0.05, 0) is 36.3 Å². The first-order chi connectivity index (χ1) is 12.1. The Labute approximate surface area is 148 Å². The topological polar surface area (TPSA) is 45.3 Å². The average molecular weight is 338 g/mol. The summed E-state index contributed by atoms with van der Waals surface area (Å²) in [5.74, 6) is 0.398. The zero-order chi connectivity index (χ0) is 17.6. The van der Waals surface area contributed by atoms with Gasteiger partial charge in [0.2, 0.25) is 0 Å². The van der Waals surface area contributed by atoms with Crippen LogP contribution >= 0.6 is 0 Å². The molecule has 2 aliphatic rings. The first kappa shape index (κ1) is 16.4. The van der Waals surface area contributed by atoms with E-state index >= 15 is 0 Å². The van der Waals surface area contributed by atoms with Crippen LogP contribution in [0.3, 0.4) is 0 Å². The Morgan fingerprint density at radius 2 is 2.20 bits per heavy atom. The van der Waals surface area contributed by atoms with Crippen LogP contribution in [0.5, 0.6) is 0 Å². The summed E-state index contributed by atoms with van der Waals surface area (Å²) >= 11 is 0. The lowest BCUT2D eigenvalue weighted by Gasteiger charge is -2.46. The van der Waals surface area contributed by atoms with Crippen LogP contribution in [0.4, 0.5) is 0 Å². The highest BCUT2D eigenvalue weighted by Gasteiger charge is 2.41. The monoisotopic (exact) mass is 338 g/mol. The molecule has 4 rings (SSSR count). The number of piperidine rings is 1. The van der Waals surface area contributed by atoms with Crippen molar-refractivity contribution >= 4 is 16.9 Å². The molecule has 0 aliphatic carbocycles. The number of aromatic amines is 1. The van der Waals surface area contributed by atoms with Gasteiger partial charge in [-0.15, -0.1) is 0 Å². The average Bonchev–Trinajstić information content (AvgIpc) is 3.04. The largest absolute Gasteiger partial charge is 0.466 e. The molecule has 0 bridgehead atoms. The van der Waals surface area contributed by atoms with Crippen LogP contribution in [0.2, 0.25) is 0 Å². The van der Waals surface area contributed by atoms with Crippen molar-refractivity contribution in [3.63, 3.8) is 0 Å². The van der Waals surface area contributed by atoms with Gasteiger partial charge in [0.05, 0.1) is 13.2 Å². The molecule has 25 heavy (non-hydrogen) atoms. The van der Waals surface area contributed by atoms with Crippen LogP contribution in [0, 0.1) is 11.8 Å². The molecule has 1 saturated heterocycles. The predicted octanol–water partition coefficient (Wildman–Crippen LogP) is 3.84. The first-order valence-electron chi connectivity index (χ1n) is 9.24. The fourth-order valence-electron chi connectivity index (χ4n) is 4.84. The summed E-state index contributed by atoms with van der Waals surface area (Å²) in [5, 5.41) is 1.35. The summed E-state index contributed by atoms with van der Waals surface area (Å²) in [6.07, 6.45) is 3.09. The highest BCUT2D eigenvalue weighted by Crippen LogP contribution is 2.45. The smallest absolute Gasteiger partial charge is 0.333 e. The molecule has 2 aliphatic heterocycles. The van der Waals surface area contributed by atoms with Gasteiger partial charge >= 0.3 is 5.97 Å². The summed E-state index contributed by atoms with van der Waals surface area (Å²) in [5.41, 5.74) is 4.64. The van der Waals surface area contributed by atoms with Gasteiger partial charge < -0.3 is 9.72 Å². The lowest BCUT2D eigenvalue weighted by atomic mass is 9.74. The van der Waals surface area contributed by atoms with E-state index in [1.165, 1.54) is 29.3 Å². The molecule has 0 spiro atoms. The molecule has 132 valence electrons. The third-order valence-electron chi connectivity index (χ3n) is 6.20. The quantitative estimate of drug-likeness (QED) is 0.683. The van der Waals surface area contributed by atoms with E-state index in [9.17, 15) is 4.79 Å². The Balaban J connectivity index is 1.71. The number of aromatic nitrogens is 1. The van der Waals surface area contributed by atoms with Crippen LogP contribution in [0.25, 0.3) is 10.9 Å². The van der Waals surface area contributed by atoms with E-state index in [1.807, 2.05) is 0 Å². The lowest BCUT2D eigenvalue weighted by Crippen LogP contribution is -2.46. The van der Waals surface area contributed by atoms with Crippen molar-refractivity contribution in [1.29, 1.82) is 0 Å². The Morgan fingerprint density at radius 1 is 1.40 bits per heavy atom. The normalized spacial score (nSPS) is 26.1. The molecule has 3 heterocycles. The van der Waals surface area contributed by atoms with Crippen LogP contribution in [-0.2, 0) is 16.0 Å². The van der Waals surface area contributed by atoms with Gasteiger partial charge in [0.25, 0.3) is 0 Å². The van der Waals surface area contributed by atoms with Crippen LogP contribution in [0.15, 0.2) is 36.4 Å². The van der Waals surface area contributed by atoms with E-state index in [4.69, 9.17) is 4.74 Å². The van der Waals surface area contributed by atoms with Crippen LogP contribution in [-0.4, -0.2) is 36.1 Å². The SMILES string of the molecule is C=C(C(=O)OC)[C@H]1C[C@H]2c3[nH]c4ccccc4c3CCN2C[C@H]1CC. The molecule has 3 atom stereocenters. The number of nitrogens with zero attached hydrogens (tertiary/aromatic N) is 1. The summed E-state index contributed by atoms with van der Waals surface area (Å²) < 4.78 is 4.95. The molecule has 1 aromatic carbocycles. The molecule has 2 aromatic rings. The Bertz CT molecular complexity index is 822. The number of methoxy groups -OCH3 is 1. The lowest BCUT2D eigenvalue weighted by molar-refractivity contribution is -0.137. The zero-order valence-electron chi connectivity index (χ0n) is 15.0. The minimum absolute atomic E-state index is 0.191. The van der Waals surface area contributed by atoms with Gasteiger partial charge in [0.15, 0.2) is 0 Å². The third-order valence-corrected chi connectivity index (χ3v) is 6.20. The number of hydrogen-bond donors (Lipinski definition) is 1. The second-order valence-electron chi connectivity index (χ2n) is 7.35. The molecular weight excluding hydrogens is 312 g/mol. The van der Waals surface area contributed by atoms with Crippen molar-refractivity contribution in [3.05, 3.63) is 47.7 Å². The molecule has 1 aromatic heterocycles. The van der Waals surface area contributed by atoms with Gasteiger partial charge in [-0.2, -0.15) is 0 Å². The number of carbonyl (C=O) groups excluding carboxylic acids is 1. The maximum absolute atomic E-state index is 12.1. The highest BCUT2D eigenvalue weighted by molar-refractivity contribution is 5.88. The van der Waals surface area contributed by atoms with E-state index in [1.54, 1.807) is 0 Å². The summed E-state index contributed by atoms with van der Waals surface area (Å²) in [6, 6.07) is 8.89. The molecular formula is C21H26N2O2. The number of hydrogen-bond acceptors (Lipinski definition) is 3. The molecule has 0 amide bonds. The molecule has 1 N–H and O–H groups in total. The van der Waals surface area contributed by atoms with Gasteiger partial charge in [-0.25, -0.2) is 4.79 Å². The summed E-state index contributed by atoms with van der Waals surface area (Å²) in [6.45, 7) is 8.40. The highest BCUT2D eigenvalue weighted by atomic mass is 16.5. The van der Waals surface area contributed by atoms with E-state index in [0.29, 0.717) is 17.5 Å². The van der Waals surface area contributed by atoms with Crippen molar-refractivity contribution in [2.24, 2.45) is 11.8 Å². The first-order valence-corrected chi connectivity index (χ1v) is 9.24. The van der Waals surface area contributed by atoms with Gasteiger partial charge in [-0.1, -0.05) is 38.1 Å². The maximum atomic E-state index is 12.1. The Kier molecular flexibility index (Phi) is 4.16. The fraction of sp³-hybridized carbons (Fsp3) is 0.476. The maximum Gasteiger partial charge on any atom is 0.333 e. The number of benzene rings is 1. The van der Waals surface area contributed by atoms with Gasteiger partial charge in [0, 0.05) is 35.3 Å². The molecule has 1 fully saturated rings. The van der Waals surface area contributed by atoms with E-state index in [0.717, 1.165) is 32.4 Å². The second-order valence-corrected chi connectivity index (χ2v) is 7.35. The number of rotatable bonds is 3. The molecule has 0 radical (unpaired) electrons. The van der Waals surface area contributed by atoms with Crippen molar-refractivity contribution in [3.8, 4) is 0 Å². The summed E-state index contributed by atoms with van der Waals surface area (Å²) in [4.78, 5) is 18.3. The molecule has 0 unspecified atom stereocenters. The van der Waals surface area contributed by atoms with Gasteiger partial charge in [-0.3, -0.25) is 4.90 Å². The van der Waals surface area contributed by atoms with E-state index < -0.39 is 0 Å². The summed E-state index contributed by atoms with van der Waals surface area (Å²) in [7, 11) is 1.44. The van der Waals surface area contributed by atoms with Crippen molar-refractivity contribution in [1.82, 2.24) is 9.88 Å². The molecule has 4 heteroatoms. The minimum Gasteiger partial charge on any atom is -0.466 e. The number of H-pyrrole nitrogens is 1. The molecule has 0 saturated carbocycles. The van der Waals surface area contributed by atoms with Gasteiger partial charge in [0.1, 0.15) is 0 Å². The van der Waals surface area contributed by atoms with E-state index in [2.05, 4.69) is 47.7 Å². The second kappa shape index (κ2) is 6.34. The number of nitrogens with one attached hydrogen (secondary N) is 1.